The van der Waals surface area contributed by atoms with E-state index in [0.29, 0.717) is 6.61 Å². The predicted octanol–water partition coefficient (Wildman–Crippen LogP) is 3.39. The van der Waals surface area contributed by atoms with Gasteiger partial charge in [-0.25, -0.2) is 0 Å². The molecule has 0 saturated heterocycles. The molecule has 1 N–H and O–H groups in total. The topological polar surface area (TPSA) is 39.7 Å². The highest BCUT2D eigenvalue weighted by atomic mass is 16.5. The first-order chi connectivity index (χ1) is 10.3. The van der Waals surface area contributed by atoms with Gasteiger partial charge in [-0.15, -0.1) is 0 Å². The number of nitrogens with one attached hydrogen (secondary N) is 1. The fourth-order valence-electron chi connectivity index (χ4n) is 2.07. The van der Waals surface area contributed by atoms with Gasteiger partial charge in [0.25, 0.3) is 0 Å². The number of methoxy groups -OCH3 is 2. The minimum absolute atomic E-state index is 0.706. The summed E-state index contributed by atoms with van der Waals surface area (Å²) in [6.45, 7) is 5.28. The summed E-state index contributed by atoms with van der Waals surface area (Å²) in [5.41, 5.74) is 1.13. The first kappa shape index (κ1) is 17.8. The van der Waals surface area contributed by atoms with Crippen LogP contribution in [0.25, 0.3) is 0 Å². The molecule has 0 fully saturated rings. The van der Waals surface area contributed by atoms with Gasteiger partial charge in [0.1, 0.15) is 11.5 Å². The van der Waals surface area contributed by atoms with Crippen LogP contribution in [0.3, 0.4) is 0 Å². The standard InChI is InChI=1S/C17H29NO3/c1-4-5-6-7-11-21-17-9-8-16(20-3)13-15(17)14-18-10-12-19-2/h8-9,13,18H,4-7,10-12,14H2,1-3H3. The van der Waals surface area contributed by atoms with Crippen molar-refractivity contribution >= 4 is 0 Å². The minimum atomic E-state index is 0.706. The average molecular weight is 295 g/mol. The second kappa shape index (κ2) is 11.4. The zero-order chi connectivity index (χ0) is 15.3. The number of unbranched alkanes of at least 4 members (excludes halogenated alkanes) is 3. The van der Waals surface area contributed by atoms with Gasteiger partial charge < -0.3 is 19.5 Å². The van der Waals surface area contributed by atoms with Crippen molar-refractivity contribution in [2.24, 2.45) is 0 Å². The first-order valence-electron chi connectivity index (χ1n) is 7.81. The molecule has 0 heterocycles. The molecule has 0 amide bonds. The number of rotatable bonds is 12. The maximum atomic E-state index is 5.91. The van der Waals surface area contributed by atoms with Crippen LogP contribution in [-0.4, -0.2) is 34.0 Å². The molecule has 0 aliphatic carbocycles. The lowest BCUT2D eigenvalue weighted by molar-refractivity contribution is 0.199. The van der Waals surface area contributed by atoms with Gasteiger partial charge in [0.2, 0.25) is 0 Å². The highest BCUT2D eigenvalue weighted by molar-refractivity contribution is 5.40. The Hall–Kier alpha value is -1.26. The smallest absolute Gasteiger partial charge is 0.124 e. The second-order valence-corrected chi connectivity index (χ2v) is 5.05. The Morgan fingerprint density at radius 3 is 2.62 bits per heavy atom. The molecule has 120 valence electrons. The van der Waals surface area contributed by atoms with Crippen molar-refractivity contribution < 1.29 is 14.2 Å². The van der Waals surface area contributed by atoms with Gasteiger partial charge in [0, 0.05) is 25.8 Å². The van der Waals surface area contributed by atoms with Crippen LogP contribution in [0.4, 0.5) is 0 Å². The Bertz CT molecular complexity index is 382. The fraction of sp³-hybridized carbons (Fsp3) is 0.647. The molecule has 0 unspecified atom stereocenters. The van der Waals surface area contributed by atoms with E-state index in [1.807, 2.05) is 18.2 Å². The summed E-state index contributed by atoms with van der Waals surface area (Å²) in [4.78, 5) is 0. The molecule has 0 radical (unpaired) electrons. The fourth-order valence-corrected chi connectivity index (χ4v) is 2.07. The zero-order valence-electron chi connectivity index (χ0n) is 13.6. The molecular formula is C17H29NO3. The van der Waals surface area contributed by atoms with E-state index in [9.17, 15) is 0 Å². The third-order valence-electron chi connectivity index (χ3n) is 3.32. The maximum absolute atomic E-state index is 5.91. The quantitative estimate of drug-likeness (QED) is 0.600. The van der Waals surface area contributed by atoms with Crippen molar-refractivity contribution in [3.63, 3.8) is 0 Å². The number of ether oxygens (including phenoxy) is 3. The number of hydrogen-bond donors (Lipinski definition) is 1. The Balaban J connectivity index is 2.50. The van der Waals surface area contributed by atoms with Gasteiger partial charge in [0.15, 0.2) is 0 Å². The van der Waals surface area contributed by atoms with E-state index >= 15 is 0 Å². The number of benzene rings is 1. The lowest BCUT2D eigenvalue weighted by Crippen LogP contribution is -2.19. The summed E-state index contributed by atoms with van der Waals surface area (Å²) in [6.07, 6.45) is 4.86. The summed E-state index contributed by atoms with van der Waals surface area (Å²) in [6, 6.07) is 5.97. The molecule has 4 heteroatoms. The Morgan fingerprint density at radius 1 is 1.05 bits per heavy atom. The Morgan fingerprint density at radius 2 is 1.90 bits per heavy atom. The summed E-state index contributed by atoms with van der Waals surface area (Å²) in [5.74, 6) is 1.80. The molecule has 1 aromatic rings. The van der Waals surface area contributed by atoms with Crippen molar-refractivity contribution in [3.05, 3.63) is 23.8 Å². The van der Waals surface area contributed by atoms with Crippen LogP contribution in [0, 0.1) is 0 Å². The van der Waals surface area contributed by atoms with Gasteiger partial charge in [0.05, 0.1) is 20.3 Å². The number of hydrogen-bond acceptors (Lipinski definition) is 4. The van der Waals surface area contributed by atoms with Crippen LogP contribution in [0.1, 0.15) is 38.2 Å². The molecule has 0 bridgehead atoms. The lowest BCUT2D eigenvalue weighted by atomic mass is 10.2. The highest BCUT2D eigenvalue weighted by Crippen LogP contribution is 2.24. The maximum Gasteiger partial charge on any atom is 0.124 e. The van der Waals surface area contributed by atoms with E-state index in [4.69, 9.17) is 14.2 Å². The van der Waals surface area contributed by atoms with Gasteiger partial charge in [-0.3, -0.25) is 0 Å². The minimum Gasteiger partial charge on any atom is -0.497 e. The van der Waals surface area contributed by atoms with Crippen LogP contribution in [0.15, 0.2) is 18.2 Å². The molecule has 0 spiro atoms. The summed E-state index contributed by atoms with van der Waals surface area (Å²) in [5, 5.41) is 3.34. The molecule has 1 aromatic carbocycles. The van der Waals surface area contributed by atoms with E-state index in [1.54, 1.807) is 14.2 Å². The van der Waals surface area contributed by atoms with Gasteiger partial charge in [-0.2, -0.15) is 0 Å². The summed E-state index contributed by atoms with van der Waals surface area (Å²) >= 11 is 0. The molecule has 21 heavy (non-hydrogen) atoms. The second-order valence-electron chi connectivity index (χ2n) is 5.05. The highest BCUT2D eigenvalue weighted by Gasteiger charge is 2.06. The largest absolute Gasteiger partial charge is 0.497 e. The van der Waals surface area contributed by atoms with Crippen molar-refractivity contribution in [1.29, 1.82) is 0 Å². The third-order valence-corrected chi connectivity index (χ3v) is 3.32. The van der Waals surface area contributed by atoms with Crippen LogP contribution < -0.4 is 14.8 Å². The zero-order valence-corrected chi connectivity index (χ0v) is 13.6. The normalized spacial score (nSPS) is 10.6. The van der Waals surface area contributed by atoms with Crippen LogP contribution in [0.2, 0.25) is 0 Å². The Labute approximate surface area is 128 Å². The Kier molecular flexibility index (Phi) is 9.66. The van der Waals surface area contributed by atoms with E-state index < -0.39 is 0 Å². The van der Waals surface area contributed by atoms with Crippen molar-refractivity contribution in [2.75, 3.05) is 34.0 Å². The van der Waals surface area contributed by atoms with E-state index in [2.05, 4.69) is 12.2 Å². The summed E-state index contributed by atoms with van der Waals surface area (Å²) in [7, 11) is 3.39. The molecule has 0 aromatic heterocycles. The molecule has 4 nitrogen and oxygen atoms in total. The average Bonchev–Trinajstić information content (AvgIpc) is 2.52. The molecule has 0 saturated carbocycles. The SMILES string of the molecule is CCCCCCOc1ccc(OC)cc1CNCCOC. The van der Waals surface area contributed by atoms with Crippen LogP contribution in [-0.2, 0) is 11.3 Å². The lowest BCUT2D eigenvalue weighted by Gasteiger charge is -2.13. The van der Waals surface area contributed by atoms with Gasteiger partial charge in [-0.1, -0.05) is 26.2 Å². The van der Waals surface area contributed by atoms with E-state index in [-0.39, 0.29) is 0 Å². The third kappa shape index (κ3) is 7.34. The van der Waals surface area contributed by atoms with Crippen molar-refractivity contribution in [3.8, 4) is 11.5 Å². The van der Waals surface area contributed by atoms with Crippen molar-refractivity contribution in [1.82, 2.24) is 5.32 Å². The van der Waals surface area contributed by atoms with E-state index in [1.165, 1.54) is 19.3 Å². The first-order valence-corrected chi connectivity index (χ1v) is 7.81. The molecule has 0 atom stereocenters. The summed E-state index contributed by atoms with van der Waals surface area (Å²) < 4.78 is 16.2. The molecule has 0 aliphatic heterocycles. The van der Waals surface area contributed by atoms with Crippen LogP contribution >= 0.6 is 0 Å². The van der Waals surface area contributed by atoms with Crippen molar-refractivity contribution in [2.45, 2.75) is 39.2 Å². The van der Waals surface area contributed by atoms with Gasteiger partial charge in [-0.05, 0) is 24.6 Å². The monoisotopic (exact) mass is 295 g/mol. The van der Waals surface area contributed by atoms with Gasteiger partial charge >= 0.3 is 0 Å². The molecule has 1 rings (SSSR count). The van der Waals surface area contributed by atoms with E-state index in [0.717, 1.165) is 43.2 Å². The molecule has 0 aliphatic rings. The molecular weight excluding hydrogens is 266 g/mol. The predicted molar refractivity (Wildman–Crippen MR) is 86.2 cm³/mol. The van der Waals surface area contributed by atoms with Crippen LogP contribution in [0.5, 0.6) is 11.5 Å².